The van der Waals surface area contributed by atoms with Crippen LogP contribution in [0.3, 0.4) is 0 Å². The van der Waals surface area contributed by atoms with Gasteiger partial charge < -0.3 is 29.0 Å². The predicted octanol–water partition coefficient (Wildman–Crippen LogP) is 4.79. The van der Waals surface area contributed by atoms with E-state index < -0.39 is 5.54 Å². The predicted molar refractivity (Wildman–Crippen MR) is 137 cm³/mol. The molecule has 0 saturated heterocycles. The highest BCUT2D eigenvalue weighted by atomic mass is 16.5. The van der Waals surface area contributed by atoms with Crippen LogP contribution in [0.1, 0.15) is 58.1 Å². The molecule has 2 rings (SSSR count). The summed E-state index contributed by atoms with van der Waals surface area (Å²) < 4.78 is 16.5. The van der Waals surface area contributed by atoms with Crippen LogP contribution in [0.25, 0.3) is 0 Å². The maximum Gasteiger partial charge on any atom is 0.318 e. The SMILES string of the molecule is CCC(C)N(CC(=O)N(CCc1ccc(OC)c(OC)c1)Cc1ccc(C)o1)C(=O)NC(C)(C)C. The van der Waals surface area contributed by atoms with E-state index in [0.29, 0.717) is 36.8 Å². The molecule has 0 aliphatic heterocycles. The van der Waals surface area contributed by atoms with Crippen LogP contribution in [0.15, 0.2) is 34.7 Å². The minimum absolute atomic E-state index is 0.0114. The molecule has 1 aromatic heterocycles. The number of benzene rings is 1. The van der Waals surface area contributed by atoms with Gasteiger partial charge in [0, 0.05) is 18.1 Å². The van der Waals surface area contributed by atoms with Gasteiger partial charge in [-0.05, 0) is 77.3 Å². The lowest BCUT2D eigenvalue weighted by molar-refractivity contribution is -0.133. The Labute approximate surface area is 209 Å². The summed E-state index contributed by atoms with van der Waals surface area (Å²) in [5, 5.41) is 2.99. The Kier molecular flexibility index (Phi) is 10.0. The molecule has 1 unspecified atom stereocenters. The van der Waals surface area contributed by atoms with Crippen molar-refractivity contribution in [3.8, 4) is 11.5 Å². The lowest BCUT2D eigenvalue weighted by Gasteiger charge is -2.33. The van der Waals surface area contributed by atoms with Gasteiger partial charge >= 0.3 is 6.03 Å². The number of nitrogens with one attached hydrogen (secondary N) is 1. The zero-order valence-corrected chi connectivity index (χ0v) is 22.4. The molecule has 0 radical (unpaired) electrons. The third kappa shape index (κ3) is 8.53. The van der Waals surface area contributed by atoms with E-state index in [1.807, 2.05) is 71.9 Å². The van der Waals surface area contributed by atoms with E-state index in [1.54, 1.807) is 24.0 Å². The summed E-state index contributed by atoms with van der Waals surface area (Å²) in [5.41, 5.74) is 0.616. The highest BCUT2D eigenvalue weighted by Crippen LogP contribution is 2.28. The molecule has 1 aromatic carbocycles. The minimum atomic E-state index is -0.398. The second-order valence-electron chi connectivity index (χ2n) is 9.83. The molecule has 0 aliphatic rings. The van der Waals surface area contributed by atoms with Gasteiger partial charge in [0.2, 0.25) is 5.91 Å². The normalized spacial score (nSPS) is 12.1. The zero-order chi connectivity index (χ0) is 26.2. The number of carbonyl (C=O) groups excluding carboxylic acids is 2. The third-order valence-electron chi connectivity index (χ3n) is 5.79. The van der Waals surface area contributed by atoms with E-state index in [9.17, 15) is 9.59 Å². The molecule has 2 aromatic rings. The van der Waals surface area contributed by atoms with E-state index in [2.05, 4.69) is 5.32 Å². The Morgan fingerprint density at radius 2 is 1.77 bits per heavy atom. The first kappa shape index (κ1) is 28.1. The molecule has 194 valence electrons. The fourth-order valence-electron chi connectivity index (χ4n) is 3.64. The first-order valence-electron chi connectivity index (χ1n) is 12.1. The van der Waals surface area contributed by atoms with Gasteiger partial charge in [-0.15, -0.1) is 0 Å². The molecular weight excluding hydrogens is 446 g/mol. The smallest absolute Gasteiger partial charge is 0.318 e. The van der Waals surface area contributed by atoms with E-state index in [4.69, 9.17) is 13.9 Å². The van der Waals surface area contributed by atoms with Gasteiger partial charge in [0.1, 0.15) is 18.1 Å². The highest BCUT2D eigenvalue weighted by Gasteiger charge is 2.27. The molecule has 1 atom stereocenters. The van der Waals surface area contributed by atoms with Gasteiger partial charge in [0.25, 0.3) is 0 Å². The number of ether oxygens (including phenoxy) is 2. The number of amides is 3. The molecule has 3 amide bonds. The number of nitrogens with zero attached hydrogens (tertiary/aromatic N) is 2. The molecule has 0 aliphatic carbocycles. The zero-order valence-electron chi connectivity index (χ0n) is 22.4. The Morgan fingerprint density at radius 1 is 1.09 bits per heavy atom. The average molecular weight is 488 g/mol. The molecule has 8 nitrogen and oxygen atoms in total. The van der Waals surface area contributed by atoms with Crippen molar-refractivity contribution in [1.82, 2.24) is 15.1 Å². The average Bonchev–Trinajstić information content (AvgIpc) is 3.22. The van der Waals surface area contributed by atoms with Gasteiger partial charge in [-0.1, -0.05) is 13.0 Å². The summed E-state index contributed by atoms with van der Waals surface area (Å²) >= 11 is 0. The maximum atomic E-state index is 13.5. The number of furan rings is 1. The van der Waals surface area contributed by atoms with Crippen LogP contribution in [0.5, 0.6) is 11.5 Å². The molecule has 1 heterocycles. The van der Waals surface area contributed by atoms with Crippen molar-refractivity contribution in [3.05, 3.63) is 47.4 Å². The lowest BCUT2D eigenvalue weighted by atomic mass is 10.1. The van der Waals surface area contributed by atoms with E-state index in [1.165, 1.54) is 0 Å². The Balaban J connectivity index is 2.23. The highest BCUT2D eigenvalue weighted by molar-refractivity contribution is 5.84. The fraction of sp³-hybridized carbons (Fsp3) is 0.556. The van der Waals surface area contributed by atoms with Crippen LogP contribution in [0.2, 0.25) is 0 Å². The molecule has 0 fully saturated rings. The van der Waals surface area contributed by atoms with Crippen molar-refractivity contribution >= 4 is 11.9 Å². The first-order chi connectivity index (χ1) is 16.5. The van der Waals surface area contributed by atoms with Crippen molar-refractivity contribution in [2.24, 2.45) is 0 Å². The molecule has 0 bridgehead atoms. The topological polar surface area (TPSA) is 84.2 Å². The monoisotopic (exact) mass is 487 g/mol. The number of hydrogen-bond acceptors (Lipinski definition) is 5. The summed E-state index contributed by atoms with van der Waals surface area (Å²) in [7, 11) is 3.20. The number of rotatable bonds is 11. The van der Waals surface area contributed by atoms with Crippen molar-refractivity contribution < 1.29 is 23.5 Å². The van der Waals surface area contributed by atoms with Crippen molar-refractivity contribution in [3.63, 3.8) is 0 Å². The Morgan fingerprint density at radius 3 is 2.31 bits per heavy atom. The van der Waals surface area contributed by atoms with E-state index in [-0.39, 0.29) is 24.5 Å². The van der Waals surface area contributed by atoms with Crippen LogP contribution in [-0.4, -0.2) is 60.6 Å². The van der Waals surface area contributed by atoms with Crippen LogP contribution < -0.4 is 14.8 Å². The Hall–Kier alpha value is -3.16. The summed E-state index contributed by atoms with van der Waals surface area (Å²) in [6, 6.07) is 9.18. The minimum Gasteiger partial charge on any atom is -0.493 e. The third-order valence-corrected chi connectivity index (χ3v) is 5.79. The van der Waals surface area contributed by atoms with Crippen molar-refractivity contribution in [2.75, 3.05) is 27.3 Å². The number of carbonyl (C=O) groups is 2. The largest absolute Gasteiger partial charge is 0.493 e. The molecule has 0 spiro atoms. The summed E-state index contributed by atoms with van der Waals surface area (Å²) in [6.45, 7) is 12.4. The Bertz CT molecular complexity index is 979. The van der Waals surface area contributed by atoms with Gasteiger partial charge in [-0.25, -0.2) is 4.79 Å². The number of hydrogen-bond donors (Lipinski definition) is 1. The summed E-state index contributed by atoms with van der Waals surface area (Å²) in [6.07, 6.45) is 1.36. The standard InChI is InChI=1S/C27H41N3O5/c1-9-19(2)30(26(32)28-27(4,5)6)18-25(31)29(17-22-12-10-20(3)35-22)15-14-21-11-13-23(33-7)24(16-21)34-8/h10-13,16,19H,9,14-15,17-18H2,1-8H3,(H,28,32). The van der Waals surface area contributed by atoms with Crippen LogP contribution in [0, 0.1) is 6.92 Å². The van der Waals surface area contributed by atoms with Crippen LogP contribution in [0.4, 0.5) is 4.79 Å². The maximum absolute atomic E-state index is 13.5. The van der Waals surface area contributed by atoms with Crippen molar-refractivity contribution in [2.45, 2.75) is 72.5 Å². The molecular formula is C27H41N3O5. The molecule has 1 N–H and O–H groups in total. The van der Waals surface area contributed by atoms with Crippen LogP contribution in [-0.2, 0) is 17.8 Å². The van der Waals surface area contributed by atoms with Gasteiger partial charge in [0.15, 0.2) is 11.5 Å². The summed E-state index contributed by atoms with van der Waals surface area (Å²) in [4.78, 5) is 29.9. The van der Waals surface area contributed by atoms with Gasteiger partial charge in [-0.3, -0.25) is 4.79 Å². The van der Waals surface area contributed by atoms with Crippen molar-refractivity contribution in [1.29, 1.82) is 0 Å². The van der Waals surface area contributed by atoms with Crippen LogP contribution >= 0.6 is 0 Å². The van der Waals surface area contributed by atoms with Gasteiger partial charge in [0.05, 0.1) is 20.8 Å². The number of aryl methyl sites for hydroxylation is 1. The lowest BCUT2D eigenvalue weighted by Crippen LogP contribution is -2.54. The molecule has 8 heteroatoms. The number of urea groups is 1. The number of methoxy groups -OCH3 is 2. The summed E-state index contributed by atoms with van der Waals surface area (Å²) in [5.74, 6) is 2.66. The van der Waals surface area contributed by atoms with E-state index >= 15 is 0 Å². The fourth-order valence-corrected chi connectivity index (χ4v) is 3.64. The first-order valence-corrected chi connectivity index (χ1v) is 12.1. The second kappa shape index (κ2) is 12.5. The molecule has 35 heavy (non-hydrogen) atoms. The quantitative estimate of drug-likeness (QED) is 0.493. The van der Waals surface area contributed by atoms with E-state index in [0.717, 1.165) is 17.7 Å². The van der Waals surface area contributed by atoms with Gasteiger partial charge in [-0.2, -0.15) is 0 Å². The molecule has 0 saturated carbocycles. The second-order valence-corrected chi connectivity index (χ2v) is 9.83.